The van der Waals surface area contributed by atoms with Crippen molar-refractivity contribution in [1.29, 1.82) is 0 Å². The summed E-state index contributed by atoms with van der Waals surface area (Å²) in [6, 6.07) is 16.5. The van der Waals surface area contributed by atoms with Crippen LogP contribution in [0.25, 0.3) is 0 Å². The molecule has 0 radical (unpaired) electrons. The second-order valence-corrected chi connectivity index (χ2v) is 7.37. The summed E-state index contributed by atoms with van der Waals surface area (Å²) in [5, 5.41) is 2.17. The fourth-order valence-electron chi connectivity index (χ4n) is 3.37. The molecule has 4 rings (SSSR count). The molecule has 0 saturated carbocycles. The predicted molar refractivity (Wildman–Crippen MR) is 111 cm³/mol. The van der Waals surface area contributed by atoms with Crippen molar-refractivity contribution in [3.63, 3.8) is 0 Å². The Hall–Kier alpha value is -3.52. The Labute approximate surface area is 185 Å². The van der Waals surface area contributed by atoms with E-state index in [1.54, 1.807) is 48.5 Å². The second-order valence-electron chi connectivity index (χ2n) is 6.96. The van der Waals surface area contributed by atoms with Gasteiger partial charge in [-0.1, -0.05) is 48.0 Å². The first kappa shape index (κ1) is 21.7. The Morgan fingerprint density at radius 2 is 1.56 bits per heavy atom. The van der Waals surface area contributed by atoms with Gasteiger partial charge in [-0.3, -0.25) is 9.59 Å². The highest BCUT2D eigenvalue weighted by atomic mass is 35.5. The average molecular weight is 462 g/mol. The van der Waals surface area contributed by atoms with E-state index in [4.69, 9.17) is 21.1 Å². The molecule has 1 heterocycles. The molecule has 0 aliphatic carbocycles. The SMILES string of the molecule is O=C(COC(=O)C1c2ccccc2Oc2ccccc21)Nc1cc(C(F)(F)F)ccc1Cl. The minimum absolute atomic E-state index is 0.0787. The second kappa shape index (κ2) is 8.55. The molecular weight excluding hydrogens is 447 g/mol. The summed E-state index contributed by atoms with van der Waals surface area (Å²) in [5.41, 5.74) is -0.0380. The Kier molecular flexibility index (Phi) is 5.80. The number of hydrogen-bond donors (Lipinski definition) is 1. The summed E-state index contributed by atoms with van der Waals surface area (Å²) in [7, 11) is 0. The Morgan fingerprint density at radius 1 is 0.969 bits per heavy atom. The van der Waals surface area contributed by atoms with Gasteiger partial charge in [-0.05, 0) is 30.3 Å². The van der Waals surface area contributed by atoms with Crippen LogP contribution in [0.2, 0.25) is 5.02 Å². The normalized spacial score (nSPS) is 12.9. The number of fused-ring (bicyclic) bond motifs is 2. The number of esters is 1. The van der Waals surface area contributed by atoms with Crippen LogP contribution in [0, 0.1) is 0 Å². The minimum Gasteiger partial charge on any atom is -0.457 e. The molecule has 1 amide bonds. The van der Waals surface area contributed by atoms with Crippen LogP contribution in [0.5, 0.6) is 11.5 Å². The van der Waals surface area contributed by atoms with E-state index in [9.17, 15) is 22.8 Å². The van der Waals surface area contributed by atoms with Gasteiger partial charge in [0.1, 0.15) is 17.4 Å². The Bertz CT molecular complexity index is 1150. The molecule has 3 aromatic rings. The Balaban J connectivity index is 1.49. The van der Waals surface area contributed by atoms with Crippen LogP contribution in [0.15, 0.2) is 66.7 Å². The number of hydrogen-bond acceptors (Lipinski definition) is 4. The molecule has 3 aromatic carbocycles. The zero-order valence-corrected chi connectivity index (χ0v) is 17.0. The standard InChI is InChI=1S/C23H15ClF3NO4/c24-16-10-9-13(23(25,26)27)11-17(16)28-20(29)12-31-22(30)21-14-5-1-3-7-18(14)32-19-8-4-2-6-15(19)21/h1-11,21H,12H2,(H,28,29). The molecule has 5 nitrogen and oxygen atoms in total. The highest BCUT2D eigenvalue weighted by molar-refractivity contribution is 6.33. The molecule has 1 aliphatic rings. The van der Waals surface area contributed by atoms with E-state index in [0.717, 1.165) is 12.1 Å². The van der Waals surface area contributed by atoms with Gasteiger partial charge >= 0.3 is 12.1 Å². The van der Waals surface area contributed by atoms with Crippen molar-refractivity contribution >= 4 is 29.2 Å². The first-order chi connectivity index (χ1) is 15.2. The van der Waals surface area contributed by atoms with Crippen molar-refractivity contribution in [2.45, 2.75) is 12.1 Å². The molecule has 32 heavy (non-hydrogen) atoms. The number of benzene rings is 3. The lowest BCUT2D eigenvalue weighted by atomic mass is 9.88. The molecule has 0 fully saturated rings. The summed E-state index contributed by atoms with van der Waals surface area (Å²) < 4.78 is 49.7. The topological polar surface area (TPSA) is 64.6 Å². The molecule has 0 spiro atoms. The van der Waals surface area contributed by atoms with Crippen molar-refractivity contribution < 1.29 is 32.2 Å². The highest BCUT2D eigenvalue weighted by Crippen LogP contribution is 2.44. The summed E-state index contributed by atoms with van der Waals surface area (Å²) in [5.74, 6) is -1.35. The number of ether oxygens (including phenoxy) is 2. The first-order valence-electron chi connectivity index (χ1n) is 9.43. The molecular formula is C23H15ClF3NO4. The third-order valence-corrected chi connectivity index (χ3v) is 5.16. The lowest BCUT2D eigenvalue weighted by Gasteiger charge is -2.26. The highest BCUT2D eigenvalue weighted by Gasteiger charge is 2.34. The van der Waals surface area contributed by atoms with Gasteiger partial charge in [0, 0.05) is 11.1 Å². The summed E-state index contributed by atoms with van der Waals surface area (Å²) >= 11 is 5.88. The van der Waals surface area contributed by atoms with Crippen LogP contribution < -0.4 is 10.1 Å². The zero-order valence-electron chi connectivity index (χ0n) is 16.3. The van der Waals surface area contributed by atoms with Crippen LogP contribution >= 0.6 is 11.6 Å². The van der Waals surface area contributed by atoms with Gasteiger partial charge in [0.15, 0.2) is 6.61 Å². The van der Waals surface area contributed by atoms with Crippen LogP contribution in [-0.4, -0.2) is 18.5 Å². The largest absolute Gasteiger partial charge is 0.457 e. The number of carbonyl (C=O) groups is 2. The fourth-order valence-corrected chi connectivity index (χ4v) is 3.53. The van der Waals surface area contributed by atoms with Crippen molar-refractivity contribution in [2.75, 3.05) is 11.9 Å². The molecule has 9 heteroatoms. The van der Waals surface area contributed by atoms with E-state index in [1.807, 2.05) is 0 Å². The van der Waals surface area contributed by atoms with Crippen LogP contribution in [0.4, 0.5) is 18.9 Å². The molecule has 0 bridgehead atoms. The first-order valence-corrected chi connectivity index (χ1v) is 9.81. The summed E-state index contributed by atoms with van der Waals surface area (Å²) in [6.07, 6.45) is -4.60. The lowest BCUT2D eigenvalue weighted by Crippen LogP contribution is -2.26. The van der Waals surface area contributed by atoms with Gasteiger partial charge in [-0.15, -0.1) is 0 Å². The van der Waals surface area contributed by atoms with Crippen LogP contribution in [0.3, 0.4) is 0 Å². The van der Waals surface area contributed by atoms with Gasteiger partial charge in [0.05, 0.1) is 16.3 Å². The number of para-hydroxylation sites is 2. The van der Waals surface area contributed by atoms with E-state index in [0.29, 0.717) is 28.7 Å². The number of amides is 1. The van der Waals surface area contributed by atoms with Gasteiger partial charge in [-0.2, -0.15) is 13.2 Å². The quantitative estimate of drug-likeness (QED) is 0.500. The molecule has 0 atom stereocenters. The number of carbonyl (C=O) groups excluding carboxylic acids is 2. The maximum atomic E-state index is 12.9. The van der Waals surface area contributed by atoms with E-state index < -0.39 is 36.1 Å². The smallest absolute Gasteiger partial charge is 0.416 e. The van der Waals surface area contributed by atoms with E-state index in [2.05, 4.69) is 5.32 Å². The maximum absolute atomic E-state index is 12.9. The number of halogens is 4. The van der Waals surface area contributed by atoms with E-state index in [-0.39, 0.29) is 10.7 Å². The van der Waals surface area contributed by atoms with Gasteiger partial charge in [-0.25, -0.2) is 0 Å². The van der Waals surface area contributed by atoms with Gasteiger partial charge < -0.3 is 14.8 Å². The van der Waals surface area contributed by atoms with E-state index >= 15 is 0 Å². The molecule has 0 aromatic heterocycles. The number of anilines is 1. The van der Waals surface area contributed by atoms with Crippen LogP contribution in [-0.2, 0) is 20.5 Å². The maximum Gasteiger partial charge on any atom is 0.416 e. The molecule has 1 aliphatic heterocycles. The molecule has 0 unspecified atom stereocenters. The van der Waals surface area contributed by atoms with E-state index in [1.165, 1.54) is 0 Å². The average Bonchev–Trinajstić information content (AvgIpc) is 2.76. The lowest BCUT2D eigenvalue weighted by molar-refractivity contribution is -0.148. The predicted octanol–water partition coefficient (Wildman–Crippen LogP) is 5.78. The third-order valence-electron chi connectivity index (χ3n) is 4.83. The fraction of sp³-hybridized carbons (Fsp3) is 0.130. The molecule has 1 N–H and O–H groups in total. The van der Waals surface area contributed by atoms with Crippen molar-refractivity contribution in [3.05, 3.63) is 88.4 Å². The summed E-state index contributed by atoms with van der Waals surface area (Å²) in [6.45, 7) is -0.701. The molecule has 0 saturated heterocycles. The number of alkyl halides is 3. The third kappa shape index (κ3) is 4.40. The Morgan fingerprint density at radius 3 is 2.16 bits per heavy atom. The zero-order chi connectivity index (χ0) is 22.9. The monoisotopic (exact) mass is 461 g/mol. The van der Waals surface area contributed by atoms with Gasteiger partial charge in [0.2, 0.25) is 0 Å². The van der Waals surface area contributed by atoms with Crippen molar-refractivity contribution in [1.82, 2.24) is 0 Å². The number of rotatable bonds is 4. The van der Waals surface area contributed by atoms with Crippen molar-refractivity contribution in [3.8, 4) is 11.5 Å². The summed E-state index contributed by atoms with van der Waals surface area (Å²) in [4.78, 5) is 25.2. The van der Waals surface area contributed by atoms with Crippen molar-refractivity contribution in [2.24, 2.45) is 0 Å². The van der Waals surface area contributed by atoms with Gasteiger partial charge in [0.25, 0.3) is 5.91 Å². The van der Waals surface area contributed by atoms with Crippen LogP contribution in [0.1, 0.15) is 22.6 Å². The molecule has 164 valence electrons. The number of nitrogens with one attached hydrogen (secondary N) is 1. The minimum atomic E-state index is -4.60.